The van der Waals surface area contributed by atoms with Crippen molar-refractivity contribution in [3.8, 4) is 57.1 Å². The van der Waals surface area contributed by atoms with Crippen LogP contribution in [0.1, 0.15) is 148 Å². The number of aromatic nitrogens is 2. The van der Waals surface area contributed by atoms with Gasteiger partial charge in [0, 0.05) is 91.1 Å². The third kappa shape index (κ3) is 25.2. The second-order valence-electron chi connectivity index (χ2n) is 36.8. The Hall–Kier alpha value is -13.5. The maximum absolute atomic E-state index is 16.4. The van der Waals surface area contributed by atoms with Crippen molar-refractivity contribution in [2.45, 2.75) is 213 Å². The summed E-state index contributed by atoms with van der Waals surface area (Å²) >= 11 is 22.6. The van der Waals surface area contributed by atoms with E-state index in [-0.39, 0.29) is 126 Å². The van der Waals surface area contributed by atoms with Gasteiger partial charge in [-0.3, -0.25) is 57.6 Å². The van der Waals surface area contributed by atoms with E-state index in [4.69, 9.17) is 85.3 Å². The standard InChI is InChI=1S/C95H109Cl3N18O31S2/c1-37(2)23-50(102-5)82(129)110-69-73(123)41-12-15-54(48(96)25-41)143-56-27-43-28-57(78(56)147-93-79(77(127)76(126)58(35-117)145-93)146-62-31-95(4,101)80(128)38(3)142-62)144-55-16-13-42(26-49(55)97)74(124)70-88(135)109-66(91(137)138)46-29-53(119)47(75(125)63(46)45-24-40(11-14-52(45)118)64(84(131)111-70)108-85(132)65(43)107-83(130)51(30-59(99)120)106-87(69)134)33-103-19-20-104-60(121)9-7-8-10-61(122)105-32-39-17-21-115(22-18-39)34-44-36-148-90-71(89(136)116(90)72(44)92(139)140)112-86(133)68(114-141-6)67-81(98)149-94(100)113-67/h11-18,21-22,24-29,37-38,50-51,58,62,64-66,69-71,73-74,76-77,79-80,90,93,102-103,117,123-124,126-128H,7-10,19-20,23,30-36,101H2,1-6H3,(H17-,99,100,104,105,106,107,108,109,110,111,112,113,114,118,119,120,121,122,125,129,130,131,132,133,134,135,137,138,139,140)/t38-,50+,51-,58+,62-,64+,65+,66-,69+,70-,71+,73+,74+,76+,77-,79+,80+,90+,93-,95-/m0/s1. The average molecular weight is 2170 g/mol. The Morgan fingerprint density at radius 3 is 1.98 bits per heavy atom. The van der Waals surface area contributed by atoms with E-state index < -0.39 is 295 Å². The summed E-state index contributed by atoms with van der Waals surface area (Å²) in [5, 5.41) is 162. The lowest BCUT2D eigenvalue weighted by Crippen LogP contribution is -2.71. The molecule has 798 valence electrons. The largest absolute Gasteiger partial charge is 0.543 e. The number of oxime groups is 1. The number of aliphatic hydroxyl groups excluding tert-OH is 6. The summed E-state index contributed by atoms with van der Waals surface area (Å²) in [6, 6.07) is -0.198. The van der Waals surface area contributed by atoms with Crippen LogP contribution in [-0.2, 0) is 101 Å². The van der Waals surface area contributed by atoms with Gasteiger partial charge in [-0.05, 0) is 128 Å². The highest BCUT2D eigenvalue weighted by Gasteiger charge is 2.56. The first-order valence-corrected chi connectivity index (χ1v) is 49.7. The Morgan fingerprint density at radius 1 is 0.738 bits per heavy atom. The first kappa shape index (κ1) is 111. The number of aromatic hydroxyl groups is 3. The van der Waals surface area contributed by atoms with Crippen LogP contribution in [0, 0.1) is 5.92 Å². The molecule has 0 aliphatic carbocycles. The Balaban J connectivity index is 0.731. The SMILES string of the molecule is CN[C@H](CC(C)C)C(=O)N[C@H]1C(=O)N[C@@H](CC(N)=O)C(=O)N[C@H]2C(=O)N[C@H]3C(=O)N[C@H](C(=O)N[C@H](C(=O)O)c4cc(O)c(CNCCNC(=O)CCCCC(=O)NCc5cc[n+](CC6=C(C(=O)[O-])N7C(=O)[C@@H](NC(=O)/C(=N/OC)c8nc(N)sc8Cl)[C@H]7SC6)cc5)c(O)c4-c4cc3ccc4O)[C@H](O)c3ccc(c(Cl)c3)Oc3cc2cc(c3O[C@@H]2O[C@H](CO)[C@@H](O)[C@H](O)[C@H]2O[C@H]2C[C@](C)(N)[C@H](O)[C@H](C)O2)Oc2ccc(cc2Cl)[C@H]1O. The fraction of sp³-hybridized carbons (Fsp3) is 0.432. The van der Waals surface area contributed by atoms with Crippen molar-refractivity contribution in [3.63, 3.8) is 0 Å². The monoisotopic (exact) mass is 2170 g/mol. The molecule has 0 saturated carbocycles. The minimum atomic E-state index is -2.44. The number of pyridine rings is 1. The van der Waals surface area contributed by atoms with Crippen molar-refractivity contribution in [1.82, 2.24) is 68.4 Å². The molecular weight excluding hydrogens is 2060 g/mol. The van der Waals surface area contributed by atoms with E-state index in [1.807, 2.05) is 0 Å². The van der Waals surface area contributed by atoms with Gasteiger partial charge in [-0.1, -0.05) is 83.3 Å². The number of fused-ring (bicyclic) bond motifs is 16. The first-order chi connectivity index (χ1) is 70.7. The van der Waals surface area contributed by atoms with Crippen molar-refractivity contribution in [2.24, 2.45) is 22.5 Å². The van der Waals surface area contributed by atoms with Crippen LogP contribution in [0.3, 0.4) is 0 Å². The third-order valence-electron chi connectivity index (χ3n) is 25.6. The molecule has 11 bridgehead atoms. The number of hydrogen-bond acceptors (Lipinski definition) is 38. The number of thioether (sulfide) groups is 1. The van der Waals surface area contributed by atoms with Crippen molar-refractivity contribution in [1.29, 1.82) is 0 Å². The molecule has 49 nitrogen and oxygen atoms in total. The number of carboxylic acid groups (broad SMARTS) is 2. The van der Waals surface area contributed by atoms with E-state index in [9.17, 15) is 94.5 Å². The number of amides is 11. The predicted molar refractivity (Wildman–Crippen MR) is 523 cm³/mol. The molecule has 16 rings (SSSR count). The Labute approximate surface area is 870 Å². The number of halogens is 3. The lowest BCUT2D eigenvalue weighted by Gasteiger charge is -2.50. The fourth-order valence-corrected chi connectivity index (χ4v) is 20.6. The number of carboxylic acids is 2. The number of rotatable bonds is 32. The molecule has 9 aliphatic heterocycles. The van der Waals surface area contributed by atoms with Gasteiger partial charge < -0.3 is 170 Å². The number of anilines is 1. The number of phenols is 3. The topological polar surface area (TPSA) is 755 Å². The minimum Gasteiger partial charge on any atom is -0.543 e. The van der Waals surface area contributed by atoms with E-state index in [1.54, 1.807) is 42.9 Å². The van der Waals surface area contributed by atoms with Crippen LogP contribution in [0.2, 0.25) is 14.4 Å². The number of hydrogen-bond donors (Lipinski definition) is 24. The summed E-state index contributed by atoms with van der Waals surface area (Å²) < 4.78 is 40.3. The zero-order valence-electron chi connectivity index (χ0n) is 80.2. The molecule has 11 amide bonds. The van der Waals surface area contributed by atoms with Gasteiger partial charge in [0.05, 0.1) is 58.6 Å². The maximum Gasteiger partial charge on any atom is 0.330 e. The molecule has 149 heavy (non-hydrogen) atoms. The number of unbranched alkanes of at least 4 members (excludes halogenated alkanes) is 1. The van der Waals surface area contributed by atoms with Crippen molar-refractivity contribution < 1.29 is 156 Å². The van der Waals surface area contributed by atoms with E-state index in [1.165, 1.54) is 51.9 Å². The molecule has 7 aromatic rings. The van der Waals surface area contributed by atoms with Crippen LogP contribution < -0.4 is 99.6 Å². The summed E-state index contributed by atoms with van der Waals surface area (Å²) in [6.45, 7) is 4.98. The van der Waals surface area contributed by atoms with Gasteiger partial charge in [-0.15, -0.1) is 11.8 Å². The zero-order valence-corrected chi connectivity index (χ0v) is 84.1. The van der Waals surface area contributed by atoms with Crippen LogP contribution >= 0.6 is 57.9 Å². The number of nitrogens with zero attached hydrogens (tertiary/aromatic N) is 4. The summed E-state index contributed by atoms with van der Waals surface area (Å²) in [4.78, 5) is 195. The number of carbonyl (C=O) groups excluding carboxylic acids is 12. The summed E-state index contributed by atoms with van der Waals surface area (Å²) in [5.41, 5.74) is 13.1. The number of benzene rings is 5. The molecular formula is C95H109Cl3N18O31S2. The highest BCUT2D eigenvalue weighted by molar-refractivity contribution is 8.00. The zero-order chi connectivity index (χ0) is 108. The Kier molecular flexibility index (Phi) is 35.5. The van der Waals surface area contributed by atoms with E-state index >= 15 is 24.0 Å². The van der Waals surface area contributed by atoms with E-state index in [0.717, 1.165) is 76.9 Å². The molecule has 2 aromatic heterocycles. The molecule has 11 heterocycles. The maximum atomic E-state index is 16.4. The number of nitrogens with two attached hydrogens (primary N) is 3. The minimum absolute atomic E-state index is 0.0200. The number of nitrogen functional groups attached to an aromatic ring is 1. The molecule has 5 aromatic carbocycles. The number of likely N-dealkylation sites (N-methyl/N-ethyl adjacent to an activating group) is 1. The number of nitrogens with one attached hydrogen (secondary N) is 11. The van der Waals surface area contributed by atoms with Crippen LogP contribution in [0.25, 0.3) is 11.1 Å². The van der Waals surface area contributed by atoms with Gasteiger partial charge >= 0.3 is 5.97 Å². The van der Waals surface area contributed by atoms with Crippen LogP contribution in [0.5, 0.6) is 46.0 Å². The smallest absolute Gasteiger partial charge is 0.330 e. The number of thiazole rings is 1. The molecule has 54 heteroatoms. The average Bonchev–Trinajstić information content (AvgIpc) is 1.62. The van der Waals surface area contributed by atoms with Gasteiger partial charge in [0.2, 0.25) is 65.2 Å². The highest BCUT2D eigenvalue weighted by Crippen LogP contribution is 2.52. The summed E-state index contributed by atoms with van der Waals surface area (Å²) in [5.74, 6) is -20.9. The van der Waals surface area contributed by atoms with Crippen molar-refractivity contribution >= 4 is 146 Å². The number of phenolic OH excluding ortho intramolecular Hbond substituents is 3. The van der Waals surface area contributed by atoms with Gasteiger partial charge in [0.1, 0.15) is 118 Å². The number of primary amides is 1. The second-order valence-corrected chi connectivity index (χ2v) is 40.3. The molecule has 0 unspecified atom stereocenters. The molecule has 9 aliphatic rings. The number of aliphatic hydroxyl groups is 6. The van der Waals surface area contributed by atoms with Gasteiger partial charge in [0.25, 0.3) is 11.8 Å². The van der Waals surface area contributed by atoms with E-state index in [0.29, 0.717) is 11.1 Å². The fourth-order valence-electron chi connectivity index (χ4n) is 17.9. The predicted octanol–water partition coefficient (Wildman–Crippen LogP) is -1.38. The lowest BCUT2D eigenvalue weighted by atomic mass is 9.86. The number of ether oxygens (including phenoxy) is 6. The highest BCUT2D eigenvalue weighted by atomic mass is 35.5. The molecule has 3 fully saturated rings. The number of β-lactam (4-membered cyclic amide) rings is 1. The molecule has 27 N–H and O–H groups in total. The summed E-state index contributed by atoms with van der Waals surface area (Å²) in [7, 11) is 2.64. The molecule has 0 radical (unpaired) electrons. The number of carbonyl (C=O) groups is 13. The Bertz CT molecular complexity index is 6430. The van der Waals surface area contributed by atoms with Crippen molar-refractivity contribution in [2.75, 3.05) is 45.3 Å². The third-order valence-corrected chi connectivity index (χ3v) is 28.6. The Morgan fingerprint density at radius 2 is 1.38 bits per heavy atom. The molecule has 20 atom stereocenters. The molecule has 0 spiro atoms. The number of aliphatic carboxylic acids is 2. The molecule has 3 saturated heterocycles. The quantitative estimate of drug-likeness (QED) is 0.00760. The first-order valence-electron chi connectivity index (χ1n) is 46.7. The van der Waals surface area contributed by atoms with E-state index in [2.05, 4.69) is 68.6 Å². The summed E-state index contributed by atoms with van der Waals surface area (Å²) in [6.07, 6.45) is -15.4. The second kappa shape index (κ2) is 47.6. The van der Waals surface area contributed by atoms with Gasteiger partial charge in [0.15, 0.2) is 59.7 Å². The van der Waals surface area contributed by atoms with Crippen LogP contribution in [-0.4, -0.2) is 274 Å². The lowest BCUT2D eigenvalue weighted by molar-refractivity contribution is -0.689. The van der Waals surface area contributed by atoms with Gasteiger partial charge in [-0.25, -0.2) is 14.3 Å². The van der Waals surface area contributed by atoms with Crippen LogP contribution in [0.4, 0.5) is 5.13 Å². The van der Waals surface area contributed by atoms with Gasteiger partial charge in [-0.2, -0.15) is 0 Å². The van der Waals surface area contributed by atoms with Crippen LogP contribution in [0.15, 0.2) is 114 Å². The normalized spacial score (nSPS) is 25.7. The van der Waals surface area contributed by atoms with Crippen molar-refractivity contribution in [3.05, 3.63) is 168 Å².